The Morgan fingerprint density at radius 1 is 1.38 bits per heavy atom. The van der Waals surface area contributed by atoms with Crippen LogP contribution >= 0.6 is 0 Å². The lowest BCUT2D eigenvalue weighted by Gasteiger charge is -2.05. The summed E-state index contributed by atoms with van der Waals surface area (Å²) in [6, 6.07) is 8.65. The first-order valence-corrected chi connectivity index (χ1v) is 6.93. The molecule has 1 unspecified atom stereocenters. The monoisotopic (exact) mass is 239 g/mol. The van der Waals surface area contributed by atoms with E-state index in [-0.39, 0.29) is 5.75 Å². The van der Waals surface area contributed by atoms with Gasteiger partial charge in [-0.05, 0) is 12.1 Å². The van der Waals surface area contributed by atoms with Gasteiger partial charge in [0.2, 0.25) is 0 Å². The summed E-state index contributed by atoms with van der Waals surface area (Å²) in [5, 5.41) is 0.932. The van der Waals surface area contributed by atoms with Crippen molar-refractivity contribution >= 4 is 20.8 Å². The van der Waals surface area contributed by atoms with Gasteiger partial charge in [-0.3, -0.25) is 0 Å². The Balaban J connectivity index is 2.33. The van der Waals surface area contributed by atoms with E-state index in [1.165, 1.54) is 0 Å². The largest absolute Gasteiger partial charge is 0.459 e. The minimum Gasteiger partial charge on any atom is -0.459 e. The number of hydrogen-bond acceptors (Lipinski definition) is 4. The summed E-state index contributed by atoms with van der Waals surface area (Å²) < 4.78 is 27.7. The van der Waals surface area contributed by atoms with Crippen molar-refractivity contribution < 1.29 is 12.8 Å². The van der Waals surface area contributed by atoms with Crippen molar-refractivity contribution in [3.05, 3.63) is 36.1 Å². The van der Waals surface area contributed by atoms with E-state index in [0.29, 0.717) is 5.76 Å². The lowest BCUT2D eigenvalue weighted by molar-refractivity contribution is 0.508. The van der Waals surface area contributed by atoms with Crippen molar-refractivity contribution in [2.75, 3.05) is 12.0 Å². The highest BCUT2D eigenvalue weighted by Crippen LogP contribution is 2.23. The van der Waals surface area contributed by atoms with Crippen LogP contribution < -0.4 is 5.73 Å². The second-order valence-electron chi connectivity index (χ2n) is 3.89. The van der Waals surface area contributed by atoms with E-state index in [1.807, 2.05) is 24.3 Å². The van der Waals surface area contributed by atoms with Crippen LogP contribution in [0.1, 0.15) is 11.8 Å². The number of hydrogen-bond donors (Lipinski definition) is 1. The quantitative estimate of drug-likeness (QED) is 0.880. The lowest BCUT2D eigenvalue weighted by atomic mass is 10.2. The Morgan fingerprint density at radius 2 is 2.06 bits per heavy atom. The molecule has 5 heteroatoms. The number of benzene rings is 1. The SMILES string of the molecule is CS(=O)(=O)CC(N)c1cc2ccccc2o1. The fourth-order valence-corrected chi connectivity index (χ4v) is 2.41. The molecule has 0 spiro atoms. The van der Waals surface area contributed by atoms with Crippen LogP contribution in [0.15, 0.2) is 34.7 Å². The molecule has 1 aromatic heterocycles. The minimum atomic E-state index is -3.09. The molecule has 0 aliphatic heterocycles. The van der Waals surface area contributed by atoms with Gasteiger partial charge < -0.3 is 10.2 Å². The van der Waals surface area contributed by atoms with Crippen LogP contribution in [0, 0.1) is 0 Å². The predicted molar refractivity (Wildman–Crippen MR) is 62.9 cm³/mol. The molecule has 86 valence electrons. The molecular formula is C11H13NO3S. The molecule has 0 saturated carbocycles. The van der Waals surface area contributed by atoms with Crippen molar-refractivity contribution in [1.29, 1.82) is 0 Å². The zero-order valence-corrected chi connectivity index (χ0v) is 9.70. The first-order valence-electron chi connectivity index (χ1n) is 4.87. The number of para-hydroxylation sites is 1. The average molecular weight is 239 g/mol. The second-order valence-corrected chi connectivity index (χ2v) is 6.07. The maximum atomic E-state index is 11.1. The molecule has 2 N–H and O–H groups in total. The second kappa shape index (κ2) is 3.92. The minimum absolute atomic E-state index is 0.104. The van der Waals surface area contributed by atoms with Gasteiger partial charge in [-0.25, -0.2) is 8.42 Å². The van der Waals surface area contributed by atoms with E-state index in [2.05, 4.69) is 0 Å². The molecule has 4 nitrogen and oxygen atoms in total. The number of rotatable bonds is 3. The summed E-state index contributed by atoms with van der Waals surface area (Å²) >= 11 is 0. The Morgan fingerprint density at radius 3 is 2.69 bits per heavy atom. The van der Waals surface area contributed by atoms with Crippen molar-refractivity contribution in [2.45, 2.75) is 6.04 Å². The van der Waals surface area contributed by atoms with E-state index in [4.69, 9.17) is 10.2 Å². The molecule has 0 bridgehead atoms. The van der Waals surface area contributed by atoms with Gasteiger partial charge in [0, 0.05) is 11.6 Å². The number of nitrogens with two attached hydrogens (primary N) is 1. The maximum absolute atomic E-state index is 11.1. The predicted octanol–water partition coefficient (Wildman–Crippen LogP) is 1.48. The number of sulfone groups is 1. The van der Waals surface area contributed by atoms with Crippen molar-refractivity contribution in [1.82, 2.24) is 0 Å². The van der Waals surface area contributed by atoms with Gasteiger partial charge in [-0.1, -0.05) is 18.2 Å². The first-order chi connectivity index (χ1) is 7.46. The summed E-state index contributed by atoms with van der Waals surface area (Å²) in [4.78, 5) is 0. The number of fused-ring (bicyclic) bond motifs is 1. The molecule has 0 fully saturated rings. The van der Waals surface area contributed by atoms with Crippen LogP contribution in [0.3, 0.4) is 0 Å². The van der Waals surface area contributed by atoms with Crippen LogP contribution in [0.4, 0.5) is 0 Å². The summed E-state index contributed by atoms with van der Waals surface area (Å²) in [7, 11) is -3.09. The van der Waals surface area contributed by atoms with Crippen molar-refractivity contribution in [3.63, 3.8) is 0 Å². The molecule has 0 aliphatic carbocycles. The van der Waals surface area contributed by atoms with E-state index >= 15 is 0 Å². The first kappa shape index (κ1) is 11.2. The molecule has 1 atom stereocenters. The van der Waals surface area contributed by atoms with Gasteiger partial charge in [-0.15, -0.1) is 0 Å². The van der Waals surface area contributed by atoms with E-state index < -0.39 is 15.9 Å². The Hall–Kier alpha value is -1.33. The van der Waals surface area contributed by atoms with Gasteiger partial charge in [-0.2, -0.15) is 0 Å². The lowest BCUT2D eigenvalue weighted by Crippen LogP contribution is -2.20. The zero-order valence-electron chi connectivity index (χ0n) is 8.88. The van der Waals surface area contributed by atoms with E-state index in [9.17, 15) is 8.42 Å². The van der Waals surface area contributed by atoms with Gasteiger partial charge in [0.05, 0.1) is 11.8 Å². The molecule has 0 amide bonds. The third kappa shape index (κ3) is 2.43. The highest BCUT2D eigenvalue weighted by Gasteiger charge is 2.16. The van der Waals surface area contributed by atoms with E-state index in [0.717, 1.165) is 17.2 Å². The molecule has 2 aromatic rings. The molecular weight excluding hydrogens is 226 g/mol. The van der Waals surface area contributed by atoms with Gasteiger partial charge in [0.1, 0.15) is 21.2 Å². The average Bonchev–Trinajstić information content (AvgIpc) is 2.58. The third-order valence-corrected chi connectivity index (χ3v) is 3.26. The van der Waals surface area contributed by atoms with Crippen LogP contribution in [0.5, 0.6) is 0 Å². The van der Waals surface area contributed by atoms with Gasteiger partial charge in [0.15, 0.2) is 0 Å². The molecule has 16 heavy (non-hydrogen) atoms. The fraction of sp³-hybridized carbons (Fsp3) is 0.273. The number of furan rings is 1. The molecule has 0 aliphatic rings. The summed E-state index contributed by atoms with van der Waals surface area (Å²) in [6.45, 7) is 0. The summed E-state index contributed by atoms with van der Waals surface area (Å²) in [5.41, 5.74) is 6.50. The van der Waals surface area contributed by atoms with E-state index in [1.54, 1.807) is 6.07 Å². The van der Waals surface area contributed by atoms with Crippen LogP contribution in [0.2, 0.25) is 0 Å². The third-order valence-electron chi connectivity index (χ3n) is 2.29. The maximum Gasteiger partial charge on any atom is 0.149 e. The topological polar surface area (TPSA) is 73.3 Å². The Kier molecular flexibility index (Phi) is 2.73. The standard InChI is InChI=1S/C11H13NO3S/c1-16(13,14)7-9(12)11-6-8-4-2-3-5-10(8)15-11/h2-6,9H,7,12H2,1H3. The summed E-state index contributed by atoms with van der Waals surface area (Å²) in [6.07, 6.45) is 1.16. The molecule has 1 heterocycles. The molecule has 0 saturated heterocycles. The van der Waals surface area contributed by atoms with Crippen LogP contribution in [-0.2, 0) is 9.84 Å². The fourth-order valence-electron chi connectivity index (χ4n) is 1.59. The van der Waals surface area contributed by atoms with Crippen molar-refractivity contribution in [2.24, 2.45) is 5.73 Å². The molecule has 2 rings (SSSR count). The van der Waals surface area contributed by atoms with Crippen molar-refractivity contribution in [3.8, 4) is 0 Å². The molecule has 0 radical (unpaired) electrons. The van der Waals surface area contributed by atoms with Crippen LogP contribution in [0.25, 0.3) is 11.0 Å². The normalized spacial score (nSPS) is 14.1. The van der Waals surface area contributed by atoms with Gasteiger partial charge >= 0.3 is 0 Å². The summed E-state index contributed by atoms with van der Waals surface area (Å²) in [5.74, 6) is 0.402. The highest BCUT2D eigenvalue weighted by atomic mass is 32.2. The highest BCUT2D eigenvalue weighted by molar-refractivity contribution is 7.90. The molecule has 1 aromatic carbocycles. The smallest absolute Gasteiger partial charge is 0.149 e. The Labute approximate surface area is 94.0 Å². The van der Waals surface area contributed by atoms with Crippen LogP contribution in [-0.4, -0.2) is 20.4 Å². The zero-order chi connectivity index (χ0) is 11.8. The van der Waals surface area contributed by atoms with Gasteiger partial charge in [0.25, 0.3) is 0 Å². The Bertz CT molecular complexity index is 567.